The third-order valence-corrected chi connectivity index (χ3v) is 4.77. The van der Waals surface area contributed by atoms with Gasteiger partial charge in [-0.2, -0.15) is 0 Å². The van der Waals surface area contributed by atoms with Crippen LogP contribution in [0.15, 0.2) is 42.9 Å². The van der Waals surface area contributed by atoms with Gasteiger partial charge in [0.1, 0.15) is 12.2 Å². The smallest absolute Gasteiger partial charge is 0.123 e. The lowest BCUT2D eigenvalue weighted by Crippen LogP contribution is -2.34. The normalized spacial score (nSPS) is 19.3. The Hall–Kier alpha value is -2.27. The number of benzene rings is 1. The average molecular weight is 307 g/mol. The molecule has 1 aliphatic rings. The van der Waals surface area contributed by atoms with Crippen molar-refractivity contribution < 1.29 is 0 Å². The summed E-state index contributed by atoms with van der Waals surface area (Å²) in [7, 11) is 2.11. The lowest BCUT2D eigenvalue weighted by atomic mass is 9.94. The van der Waals surface area contributed by atoms with Crippen LogP contribution in [0.5, 0.6) is 0 Å². The lowest BCUT2D eigenvalue weighted by molar-refractivity contribution is 0.193. The van der Waals surface area contributed by atoms with E-state index < -0.39 is 0 Å². The van der Waals surface area contributed by atoms with Crippen LogP contribution in [0.4, 0.5) is 0 Å². The Balaban J connectivity index is 1.53. The highest BCUT2D eigenvalue weighted by Gasteiger charge is 2.23. The number of nitrogens with zero attached hydrogens (tertiary/aromatic N) is 5. The molecule has 3 aromatic rings. The summed E-state index contributed by atoms with van der Waals surface area (Å²) in [5.41, 5.74) is 3.44. The van der Waals surface area contributed by atoms with E-state index in [2.05, 4.69) is 44.7 Å². The van der Waals surface area contributed by atoms with E-state index >= 15 is 0 Å². The highest BCUT2D eigenvalue weighted by Crippen LogP contribution is 2.26. The van der Waals surface area contributed by atoms with E-state index in [1.807, 2.05) is 18.3 Å². The summed E-state index contributed by atoms with van der Waals surface area (Å²) in [6.45, 7) is 3.07. The van der Waals surface area contributed by atoms with Gasteiger partial charge in [0.05, 0.1) is 17.6 Å². The predicted octanol–water partition coefficient (Wildman–Crippen LogP) is 2.74. The number of para-hydroxylation sites is 2. The molecule has 1 aromatic carbocycles. The minimum Gasteiger partial charge on any atom is -0.330 e. The van der Waals surface area contributed by atoms with Crippen molar-refractivity contribution in [2.75, 3.05) is 13.1 Å². The Bertz CT molecular complexity index is 796. The van der Waals surface area contributed by atoms with Gasteiger partial charge in [0.15, 0.2) is 0 Å². The molecule has 2 aromatic heterocycles. The predicted molar refractivity (Wildman–Crippen MR) is 90.0 cm³/mol. The Morgan fingerprint density at radius 1 is 1.22 bits per heavy atom. The molecular weight excluding hydrogens is 286 g/mol. The summed E-state index contributed by atoms with van der Waals surface area (Å²) < 4.78 is 2.21. The van der Waals surface area contributed by atoms with Crippen LogP contribution >= 0.6 is 0 Å². The van der Waals surface area contributed by atoms with E-state index in [9.17, 15) is 0 Å². The maximum absolute atomic E-state index is 4.80. The first-order chi connectivity index (χ1) is 11.3. The summed E-state index contributed by atoms with van der Waals surface area (Å²) in [5, 5.41) is 0. The highest BCUT2D eigenvalue weighted by molar-refractivity contribution is 5.75. The fraction of sp³-hybridized carbons (Fsp3) is 0.389. The maximum Gasteiger partial charge on any atom is 0.123 e. The topological polar surface area (TPSA) is 46.8 Å². The quantitative estimate of drug-likeness (QED) is 0.746. The number of hydrogen-bond donors (Lipinski definition) is 0. The van der Waals surface area contributed by atoms with Crippen LogP contribution in [-0.4, -0.2) is 37.5 Å². The van der Waals surface area contributed by atoms with Crippen molar-refractivity contribution in [2.45, 2.75) is 25.3 Å². The van der Waals surface area contributed by atoms with Crippen LogP contribution in [-0.2, 0) is 13.6 Å². The molecule has 1 atom stereocenters. The van der Waals surface area contributed by atoms with Crippen LogP contribution in [0.3, 0.4) is 0 Å². The molecule has 5 nitrogen and oxygen atoms in total. The monoisotopic (exact) mass is 307 g/mol. The zero-order chi connectivity index (χ0) is 15.6. The average Bonchev–Trinajstić information content (AvgIpc) is 2.92. The zero-order valence-corrected chi connectivity index (χ0v) is 13.4. The molecule has 3 heterocycles. The number of aryl methyl sites for hydroxylation is 1. The largest absolute Gasteiger partial charge is 0.330 e. The van der Waals surface area contributed by atoms with Gasteiger partial charge in [-0.25, -0.2) is 15.0 Å². The van der Waals surface area contributed by atoms with Gasteiger partial charge in [-0.05, 0) is 37.6 Å². The van der Waals surface area contributed by atoms with Gasteiger partial charge in [-0.3, -0.25) is 4.90 Å². The lowest BCUT2D eigenvalue weighted by Gasteiger charge is -2.32. The van der Waals surface area contributed by atoms with Gasteiger partial charge in [0.25, 0.3) is 0 Å². The molecular formula is C18H21N5. The van der Waals surface area contributed by atoms with Crippen LogP contribution in [0.25, 0.3) is 11.0 Å². The number of rotatable bonds is 3. The number of hydrogen-bond acceptors (Lipinski definition) is 4. The molecule has 0 amide bonds. The van der Waals surface area contributed by atoms with Crippen molar-refractivity contribution in [1.29, 1.82) is 0 Å². The standard InChI is InChI=1S/C18H21N5/c1-22-17-7-3-2-6-16(17)21-18(22)12-23-10-4-5-14(11-23)15-8-9-19-13-20-15/h2-3,6-9,13-14H,4-5,10-12H2,1H3. The molecule has 0 aliphatic carbocycles. The third-order valence-electron chi connectivity index (χ3n) is 4.77. The molecule has 0 spiro atoms. The van der Waals surface area contributed by atoms with E-state index in [0.717, 1.165) is 36.7 Å². The van der Waals surface area contributed by atoms with E-state index in [1.165, 1.54) is 18.4 Å². The number of piperidine rings is 1. The van der Waals surface area contributed by atoms with Gasteiger partial charge in [0, 0.05) is 31.4 Å². The fourth-order valence-electron chi connectivity index (χ4n) is 3.52. The molecule has 0 N–H and O–H groups in total. The van der Waals surface area contributed by atoms with Crippen LogP contribution in [0.2, 0.25) is 0 Å². The summed E-state index contributed by atoms with van der Waals surface area (Å²) in [4.78, 5) is 15.8. The van der Waals surface area contributed by atoms with Gasteiger partial charge < -0.3 is 4.57 Å². The summed E-state index contributed by atoms with van der Waals surface area (Å²) in [6.07, 6.45) is 5.90. The number of imidazole rings is 1. The van der Waals surface area contributed by atoms with Gasteiger partial charge in [-0.1, -0.05) is 12.1 Å². The van der Waals surface area contributed by atoms with Crippen molar-refractivity contribution in [3.63, 3.8) is 0 Å². The molecule has 23 heavy (non-hydrogen) atoms. The van der Waals surface area contributed by atoms with E-state index in [-0.39, 0.29) is 0 Å². The third kappa shape index (κ3) is 2.84. The SMILES string of the molecule is Cn1c(CN2CCCC(c3ccncn3)C2)nc2ccccc21. The minimum absolute atomic E-state index is 0.501. The van der Waals surface area contributed by atoms with Crippen LogP contribution < -0.4 is 0 Å². The Kier molecular flexibility index (Phi) is 3.79. The molecule has 1 unspecified atom stereocenters. The Morgan fingerprint density at radius 2 is 2.13 bits per heavy atom. The van der Waals surface area contributed by atoms with Gasteiger partial charge in [0.2, 0.25) is 0 Å². The first kappa shape index (κ1) is 14.3. The molecule has 1 aliphatic heterocycles. The van der Waals surface area contributed by atoms with Gasteiger partial charge >= 0.3 is 0 Å². The van der Waals surface area contributed by atoms with Crippen molar-refractivity contribution in [1.82, 2.24) is 24.4 Å². The maximum atomic E-state index is 4.80. The van der Waals surface area contributed by atoms with Crippen molar-refractivity contribution >= 4 is 11.0 Å². The van der Waals surface area contributed by atoms with E-state index in [1.54, 1.807) is 6.33 Å². The molecule has 4 rings (SSSR count). The molecule has 1 saturated heterocycles. The second-order valence-electron chi connectivity index (χ2n) is 6.28. The van der Waals surface area contributed by atoms with Crippen LogP contribution in [0.1, 0.15) is 30.3 Å². The van der Waals surface area contributed by atoms with Crippen molar-refractivity contribution in [3.05, 3.63) is 54.4 Å². The van der Waals surface area contributed by atoms with E-state index in [0.29, 0.717) is 5.92 Å². The molecule has 5 heteroatoms. The number of likely N-dealkylation sites (tertiary alicyclic amines) is 1. The first-order valence-electron chi connectivity index (χ1n) is 8.20. The zero-order valence-electron chi connectivity index (χ0n) is 13.4. The Labute approximate surface area is 136 Å². The van der Waals surface area contributed by atoms with Gasteiger partial charge in [-0.15, -0.1) is 0 Å². The highest BCUT2D eigenvalue weighted by atomic mass is 15.2. The van der Waals surface area contributed by atoms with E-state index in [4.69, 9.17) is 4.98 Å². The minimum atomic E-state index is 0.501. The summed E-state index contributed by atoms with van der Waals surface area (Å²) in [6, 6.07) is 10.4. The van der Waals surface area contributed by atoms with Crippen molar-refractivity contribution in [3.8, 4) is 0 Å². The molecule has 118 valence electrons. The van der Waals surface area contributed by atoms with Crippen LogP contribution in [0, 0.1) is 0 Å². The summed E-state index contributed by atoms with van der Waals surface area (Å²) in [5.74, 6) is 1.64. The number of fused-ring (bicyclic) bond motifs is 1. The molecule has 1 fully saturated rings. The van der Waals surface area contributed by atoms with Crippen molar-refractivity contribution in [2.24, 2.45) is 7.05 Å². The number of aromatic nitrogens is 4. The molecule has 0 radical (unpaired) electrons. The Morgan fingerprint density at radius 3 is 2.96 bits per heavy atom. The molecule has 0 saturated carbocycles. The first-order valence-corrected chi connectivity index (χ1v) is 8.20. The second-order valence-corrected chi connectivity index (χ2v) is 6.28. The summed E-state index contributed by atoms with van der Waals surface area (Å²) >= 11 is 0. The molecule has 0 bridgehead atoms. The second kappa shape index (κ2) is 6.08. The fourth-order valence-corrected chi connectivity index (χ4v) is 3.52.